The molecule has 3 nitrogen and oxygen atoms in total. The molecule has 2 aliphatic heterocycles. The first kappa shape index (κ1) is 10.2. The summed E-state index contributed by atoms with van der Waals surface area (Å²) in [5.41, 5.74) is 0.669. The van der Waals surface area contributed by atoms with Gasteiger partial charge in [-0.1, -0.05) is 17.7 Å². The SMILES string of the molecule is CC1CC=C(C=O)C=C2N=CC(Cl)=CN21. The number of allylic oxidation sites excluding steroid dienone is 3. The van der Waals surface area contributed by atoms with E-state index in [2.05, 4.69) is 11.9 Å². The van der Waals surface area contributed by atoms with Gasteiger partial charge in [-0.2, -0.15) is 0 Å². The van der Waals surface area contributed by atoms with E-state index in [4.69, 9.17) is 11.6 Å². The van der Waals surface area contributed by atoms with E-state index in [0.717, 1.165) is 18.5 Å². The minimum atomic E-state index is 0.264. The number of aldehydes is 1. The predicted molar refractivity (Wildman–Crippen MR) is 60.6 cm³/mol. The molecule has 78 valence electrons. The van der Waals surface area contributed by atoms with Crippen LogP contribution in [0.4, 0.5) is 0 Å². The van der Waals surface area contributed by atoms with E-state index in [1.807, 2.05) is 17.2 Å². The highest BCUT2D eigenvalue weighted by Crippen LogP contribution is 2.24. The molecule has 0 spiro atoms. The van der Waals surface area contributed by atoms with Gasteiger partial charge in [0.25, 0.3) is 0 Å². The Balaban J connectivity index is 2.39. The van der Waals surface area contributed by atoms with Crippen molar-refractivity contribution in [1.82, 2.24) is 4.90 Å². The summed E-state index contributed by atoms with van der Waals surface area (Å²) >= 11 is 5.88. The van der Waals surface area contributed by atoms with Crippen LogP contribution in [0.25, 0.3) is 0 Å². The summed E-state index contributed by atoms with van der Waals surface area (Å²) in [7, 11) is 0. The Morgan fingerprint density at radius 2 is 2.47 bits per heavy atom. The summed E-state index contributed by atoms with van der Waals surface area (Å²) in [6.45, 7) is 2.07. The van der Waals surface area contributed by atoms with Crippen molar-refractivity contribution >= 4 is 24.1 Å². The van der Waals surface area contributed by atoms with Gasteiger partial charge in [0.1, 0.15) is 12.1 Å². The predicted octanol–water partition coefficient (Wildman–Crippen LogP) is 2.21. The second kappa shape index (κ2) is 4.03. The number of hydrogen-bond acceptors (Lipinski definition) is 3. The van der Waals surface area contributed by atoms with E-state index in [1.54, 1.807) is 12.3 Å². The third-order valence-electron chi connectivity index (χ3n) is 2.45. The fourth-order valence-electron chi connectivity index (χ4n) is 1.60. The molecule has 0 N–H and O–H groups in total. The molecule has 0 saturated heterocycles. The van der Waals surface area contributed by atoms with Crippen molar-refractivity contribution in [2.24, 2.45) is 4.99 Å². The number of fused-ring (bicyclic) bond motifs is 1. The molecule has 0 aromatic heterocycles. The molecule has 0 amide bonds. The Kier molecular flexibility index (Phi) is 2.73. The van der Waals surface area contributed by atoms with Crippen molar-refractivity contribution < 1.29 is 4.79 Å². The highest BCUT2D eigenvalue weighted by atomic mass is 35.5. The van der Waals surface area contributed by atoms with Crippen molar-refractivity contribution in [1.29, 1.82) is 0 Å². The Morgan fingerprint density at radius 3 is 3.20 bits per heavy atom. The molecule has 0 radical (unpaired) electrons. The molecule has 0 fully saturated rings. The van der Waals surface area contributed by atoms with Gasteiger partial charge in [-0.05, 0) is 19.4 Å². The van der Waals surface area contributed by atoms with Gasteiger partial charge >= 0.3 is 0 Å². The molecule has 4 heteroatoms. The molecule has 0 aromatic rings. The first-order valence-electron chi connectivity index (χ1n) is 4.77. The lowest BCUT2D eigenvalue weighted by atomic mass is 10.2. The molecular formula is C11H11ClN2O. The molecule has 0 saturated carbocycles. The minimum absolute atomic E-state index is 0.264. The fourth-order valence-corrected chi connectivity index (χ4v) is 1.76. The van der Waals surface area contributed by atoms with Gasteiger partial charge in [0.2, 0.25) is 0 Å². The molecule has 0 aliphatic carbocycles. The number of carbonyl (C=O) groups is 1. The largest absolute Gasteiger partial charge is 0.328 e. The van der Waals surface area contributed by atoms with E-state index >= 15 is 0 Å². The fraction of sp³-hybridized carbons (Fsp3) is 0.273. The van der Waals surface area contributed by atoms with Crippen LogP contribution in [0.15, 0.2) is 39.8 Å². The molecular weight excluding hydrogens is 212 g/mol. The van der Waals surface area contributed by atoms with Crippen LogP contribution in [0.3, 0.4) is 0 Å². The lowest BCUT2D eigenvalue weighted by Gasteiger charge is -2.28. The zero-order chi connectivity index (χ0) is 10.8. The number of hydrogen-bond donors (Lipinski definition) is 0. The lowest BCUT2D eigenvalue weighted by Crippen LogP contribution is -2.27. The van der Waals surface area contributed by atoms with Crippen LogP contribution in [0.5, 0.6) is 0 Å². The van der Waals surface area contributed by atoms with Crippen LogP contribution >= 0.6 is 11.6 Å². The Hall–Kier alpha value is -1.35. The van der Waals surface area contributed by atoms with Gasteiger partial charge in [-0.25, -0.2) is 4.99 Å². The number of nitrogens with zero attached hydrogens (tertiary/aromatic N) is 2. The van der Waals surface area contributed by atoms with Crippen LogP contribution in [-0.2, 0) is 4.79 Å². The molecule has 2 aliphatic rings. The summed E-state index contributed by atoms with van der Waals surface area (Å²) in [6.07, 6.45) is 8.77. The van der Waals surface area contributed by atoms with E-state index in [-0.39, 0.29) is 6.04 Å². The van der Waals surface area contributed by atoms with Crippen molar-refractivity contribution in [3.63, 3.8) is 0 Å². The van der Waals surface area contributed by atoms with Crippen molar-refractivity contribution in [2.75, 3.05) is 0 Å². The second-order valence-electron chi connectivity index (χ2n) is 3.59. The lowest BCUT2D eigenvalue weighted by molar-refractivity contribution is -0.104. The third-order valence-corrected chi connectivity index (χ3v) is 2.64. The number of aliphatic imine (C=N–C) groups is 1. The quantitative estimate of drug-likeness (QED) is 0.638. The zero-order valence-electron chi connectivity index (χ0n) is 8.35. The van der Waals surface area contributed by atoms with Crippen molar-refractivity contribution in [3.05, 3.63) is 34.8 Å². The highest BCUT2D eigenvalue weighted by Gasteiger charge is 2.19. The van der Waals surface area contributed by atoms with Gasteiger partial charge in [0.15, 0.2) is 0 Å². The smallest absolute Gasteiger partial charge is 0.149 e. The molecule has 0 bridgehead atoms. The van der Waals surface area contributed by atoms with Crippen LogP contribution in [0.2, 0.25) is 0 Å². The third kappa shape index (κ3) is 2.02. The maximum Gasteiger partial charge on any atom is 0.149 e. The average molecular weight is 223 g/mol. The van der Waals surface area contributed by atoms with Crippen LogP contribution in [0.1, 0.15) is 13.3 Å². The zero-order valence-corrected chi connectivity index (χ0v) is 9.11. The molecule has 2 rings (SSSR count). The van der Waals surface area contributed by atoms with Crippen LogP contribution in [-0.4, -0.2) is 23.4 Å². The highest BCUT2D eigenvalue weighted by molar-refractivity contribution is 6.39. The first-order valence-corrected chi connectivity index (χ1v) is 5.15. The number of carbonyl (C=O) groups excluding carboxylic acids is 1. The molecule has 2 heterocycles. The molecule has 1 unspecified atom stereocenters. The summed E-state index contributed by atoms with van der Waals surface area (Å²) in [5.74, 6) is 0.766. The maximum atomic E-state index is 10.7. The number of rotatable bonds is 1. The van der Waals surface area contributed by atoms with E-state index in [9.17, 15) is 4.79 Å². The average Bonchev–Trinajstić information content (AvgIpc) is 2.39. The van der Waals surface area contributed by atoms with E-state index in [1.165, 1.54) is 0 Å². The standard InChI is InChI=1S/C11H11ClN2O/c1-8-2-3-9(7-15)4-11-13-5-10(12)6-14(8)11/h3-8H,2H2,1H3. The van der Waals surface area contributed by atoms with Gasteiger partial charge in [-0.3, -0.25) is 4.79 Å². The topological polar surface area (TPSA) is 32.7 Å². The van der Waals surface area contributed by atoms with Gasteiger partial charge in [0.05, 0.1) is 5.03 Å². The summed E-state index contributed by atoms with van der Waals surface area (Å²) in [5, 5.41) is 0.605. The molecule has 1 atom stereocenters. The summed E-state index contributed by atoms with van der Waals surface area (Å²) in [4.78, 5) is 16.9. The van der Waals surface area contributed by atoms with Crippen LogP contribution < -0.4 is 0 Å². The Morgan fingerprint density at radius 1 is 1.67 bits per heavy atom. The van der Waals surface area contributed by atoms with Gasteiger partial charge in [0, 0.05) is 24.0 Å². The van der Waals surface area contributed by atoms with Crippen molar-refractivity contribution in [3.8, 4) is 0 Å². The normalized spacial score (nSPS) is 24.8. The maximum absolute atomic E-state index is 10.7. The Bertz CT molecular complexity index is 407. The Labute approximate surface area is 93.4 Å². The van der Waals surface area contributed by atoms with E-state index < -0.39 is 0 Å². The molecule has 15 heavy (non-hydrogen) atoms. The monoisotopic (exact) mass is 222 g/mol. The minimum Gasteiger partial charge on any atom is -0.328 e. The first-order chi connectivity index (χ1) is 7.20. The molecule has 0 aromatic carbocycles. The van der Waals surface area contributed by atoms with Crippen molar-refractivity contribution in [2.45, 2.75) is 19.4 Å². The second-order valence-corrected chi connectivity index (χ2v) is 4.03. The number of halogens is 1. The summed E-state index contributed by atoms with van der Waals surface area (Å²) in [6, 6.07) is 0.264. The summed E-state index contributed by atoms with van der Waals surface area (Å²) < 4.78 is 0. The van der Waals surface area contributed by atoms with Crippen LogP contribution in [0, 0.1) is 0 Å². The van der Waals surface area contributed by atoms with Gasteiger partial charge in [-0.15, -0.1) is 0 Å². The van der Waals surface area contributed by atoms with E-state index in [0.29, 0.717) is 10.6 Å². The van der Waals surface area contributed by atoms with Gasteiger partial charge < -0.3 is 4.90 Å².